The first-order chi connectivity index (χ1) is 9.18. The summed E-state index contributed by atoms with van der Waals surface area (Å²) in [7, 11) is 0. The van der Waals surface area contributed by atoms with Crippen LogP contribution in [0.15, 0.2) is 47.8 Å². The first-order valence-electron chi connectivity index (χ1n) is 5.84. The summed E-state index contributed by atoms with van der Waals surface area (Å²) in [6.45, 7) is 0. The predicted molar refractivity (Wildman–Crippen MR) is 74.2 cm³/mol. The number of halogens is 2. The van der Waals surface area contributed by atoms with Crippen molar-refractivity contribution in [1.82, 2.24) is 0 Å². The summed E-state index contributed by atoms with van der Waals surface area (Å²) in [5.74, 6) is -1.74. The monoisotopic (exact) mass is 275 g/mol. The molecule has 0 aliphatic carbocycles. The van der Waals surface area contributed by atoms with E-state index in [1.165, 1.54) is 12.1 Å². The maximum Gasteiger partial charge on any atom is 0.163 e. The predicted octanol–water partition coefficient (Wildman–Crippen LogP) is 4.23. The van der Waals surface area contributed by atoms with Crippen molar-refractivity contribution in [3.8, 4) is 0 Å². The lowest BCUT2D eigenvalue weighted by Gasteiger charge is -2.12. The van der Waals surface area contributed by atoms with Gasteiger partial charge in [-0.1, -0.05) is 30.3 Å². The summed E-state index contributed by atoms with van der Waals surface area (Å²) in [5, 5.41) is 2.89. The molecule has 0 aliphatic rings. The Morgan fingerprint density at radius 1 is 0.947 bits per heavy atom. The van der Waals surface area contributed by atoms with E-state index < -0.39 is 17.7 Å². The van der Waals surface area contributed by atoms with E-state index in [1.54, 1.807) is 11.3 Å². The topological polar surface area (TPSA) is 26.0 Å². The Balaban J connectivity index is 2.13. The van der Waals surface area contributed by atoms with Crippen LogP contribution in [-0.2, 0) is 0 Å². The van der Waals surface area contributed by atoms with E-state index in [4.69, 9.17) is 5.73 Å². The molecule has 1 aromatic heterocycles. The van der Waals surface area contributed by atoms with E-state index in [0.29, 0.717) is 0 Å². The molecule has 4 heteroatoms. The zero-order valence-corrected chi connectivity index (χ0v) is 10.8. The molecular weight excluding hydrogens is 264 g/mol. The zero-order chi connectivity index (χ0) is 13.4. The fraction of sp³-hybridized carbons (Fsp3) is 0.0667. The van der Waals surface area contributed by atoms with Crippen molar-refractivity contribution in [2.75, 3.05) is 0 Å². The average Bonchev–Trinajstić information content (AvgIpc) is 2.85. The van der Waals surface area contributed by atoms with Crippen molar-refractivity contribution in [3.63, 3.8) is 0 Å². The Morgan fingerprint density at radius 2 is 1.74 bits per heavy atom. The van der Waals surface area contributed by atoms with Crippen LogP contribution >= 0.6 is 11.3 Å². The van der Waals surface area contributed by atoms with E-state index >= 15 is 0 Å². The van der Waals surface area contributed by atoms with Crippen molar-refractivity contribution in [2.24, 2.45) is 5.73 Å². The second-order valence-electron chi connectivity index (χ2n) is 4.31. The van der Waals surface area contributed by atoms with Crippen molar-refractivity contribution in [2.45, 2.75) is 6.04 Å². The number of thiophene rings is 1. The summed E-state index contributed by atoms with van der Waals surface area (Å²) in [6, 6.07) is 11.2. The molecule has 19 heavy (non-hydrogen) atoms. The number of fused-ring (bicyclic) bond motifs is 1. The third-order valence-electron chi connectivity index (χ3n) is 3.16. The van der Waals surface area contributed by atoms with Crippen LogP contribution in [0, 0.1) is 11.6 Å². The summed E-state index contributed by atoms with van der Waals surface area (Å²) < 4.78 is 28.1. The van der Waals surface area contributed by atoms with Crippen LogP contribution in [0.25, 0.3) is 10.1 Å². The lowest BCUT2D eigenvalue weighted by atomic mass is 9.98. The minimum absolute atomic E-state index is 0.184. The van der Waals surface area contributed by atoms with Gasteiger partial charge in [-0.05, 0) is 28.5 Å². The lowest BCUT2D eigenvalue weighted by Crippen LogP contribution is -2.13. The van der Waals surface area contributed by atoms with Gasteiger partial charge < -0.3 is 5.73 Å². The first kappa shape index (κ1) is 12.3. The molecule has 1 atom stereocenters. The highest BCUT2D eigenvalue weighted by Crippen LogP contribution is 2.33. The van der Waals surface area contributed by atoms with E-state index in [-0.39, 0.29) is 5.56 Å². The minimum atomic E-state index is -0.870. The highest BCUT2D eigenvalue weighted by atomic mass is 32.1. The molecule has 0 fully saturated rings. The lowest BCUT2D eigenvalue weighted by molar-refractivity contribution is 0.495. The molecule has 0 spiro atoms. The normalized spacial score (nSPS) is 12.8. The highest BCUT2D eigenvalue weighted by Gasteiger charge is 2.19. The smallest absolute Gasteiger partial charge is 0.163 e. The van der Waals surface area contributed by atoms with Crippen molar-refractivity contribution >= 4 is 21.4 Å². The van der Waals surface area contributed by atoms with Gasteiger partial charge in [-0.3, -0.25) is 0 Å². The first-order valence-corrected chi connectivity index (χ1v) is 6.72. The van der Waals surface area contributed by atoms with Gasteiger partial charge in [-0.2, -0.15) is 0 Å². The quantitative estimate of drug-likeness (QED) is 0.744. The summed E-state index contributed by atoms with van der Waals surface area (Å²) in [4.78, 5) is 0. The van der Waals surface area contributed by atoms with Crippen LogP contribution in [-0.4, -0.2) is 0 Å². The molecule has 0 saturated carbocycles. The molecule has 96 valence electrons. The minimum Gasteiger partial charge on any atom is -0.320 e. The van der Waals surface area contributed by atoms with Crippen LogP contribution in [0.5, 0.6) is 0 Å². The molecule has 0 saturated heterocycles. The van der Waals surface area contributed by atoms with Crippen molar-refractivity contribution < 1.29 is 8.78 Å². The SMILES string of the molecule is NC(c1cccc(F)c1F)c1csc2ccccc12. The largest absolute Gasteiger partial charge is 0.320 e. The highest BCUT2D eigenvalue weighted by molar-refractivity contribution is 7.17. The van der Waals surface area contributed by atoms with Crippen LogP contribution in [0.2, 0.25) is 0 Å². The van der Waals surface area contributed by atoms with Gasteiger partial charge in [0.25, 0.3) is 0 Å². The summed E-state index contributed by atoms with van der Waals surface area (Å²) in [6.07, 6.45) is 0. The van der Waals surface area contributed by atoms with Gasteiger partial charge >= 0.3 is 0 Å². The Bertz CT molecular complexity index is 736. The van der Waals surface area contributed by atoms with Gasteiger partial charge in [0.2, 0.25) is 0 Å². The molecule has 1 heterocycles. The van der Waals surface area contributed by atoms with Crippen molar-refractivity contribution in [1.29, 1.82) is 0 Å². The third-order valence-corrected chi connectivity index (χ3v) is 4.14. The fourth-order valence-electron chi connectivity index (χ4n) is 2.17. The fourth-order valence-corrected chi connectivity index (χ4v) is 3.16. The second kappa shape index (κ2) is 4.72. The van der Waals surface area contributed by atoms with Gasteiger partial charge in [0.05, 0.1) is 6.04 Å². The Kier molecular flexibility index (Phi) is 3.05. The van der Waals surface area contributed by atoms with E-state index in [9.17, 15) is 8.78 Å². The van der Waals surface area contributed by atoms with Gasteiger partial charge in [-0.15, -0.1) is 11.3 Å². The maximum absolute atomic E-state index is 13.8. The molecule has 1 nitrogen and oxygen atoms in total. The molecule has 1 unspecified atom stereocenters. The standard InChI is InChI=1S/C15H11F2NS/c16-12-6-3-5-10(14(12)17)15(18)11-8-19-13-7-2-1-4-9(11)13/h1-8,15H,18H2. The van der Waals surface area contributed by atoms with Gasteiger partial charge in [0.1, 0.15) is 0 Å². The van der Waals surface area contributed by atoms with Crippen LogP contribution in [0.3, 0.4) is 0 Å². The molecule has 3 rings (SSSR count). The van der Waals surface area contributed by atoms with Crippen molar-refractivity contribution in [3.05, 3.63) is 70.6 Å². The Morgan fingerprint density at radius 3 is 2.58 bits per heavy atom. The van der Waals surface area contributed by atoms with E-state index in [1.807, 2.05) is 29.6 Å². The maximum atomic E-state index is 13.8. The van der Waals surface area contributed by atoms with Gasteiger partial charge in [0.15, 0.2) is 11.6 Å². The van der Waals surface area contributed by atoms with E-state index in [0.717, 1.165) is 21.7 Å². The summed E-state index contributed by atoms with van der Waals surface area (Å²) >= 11 is 1.55. The molecule has 0 bridgehead atoms. The molecule has 0 radical (unpaired) electrons. The molecule has 0 amide bonds. The number of benzene rings is 2. The Labute approximate surface area is 113 Å². The van der Waals surface area contributed by atoms with Gasteiger partial charge in [0, 0.05) is 10.3 Å². The summed E-state index contributed by atoms with van der Waals surface area (Å²) in [5.41, 5.74) is 7.10. The number of hydrogen-bond donors (Lipinski definition) is 1. The third kappa shape index (κ3) is 2.03. The molecular formula is C15H11F2NS. The van der Waals surface area contributed by atoms with Gasteiger partial charge in [-0.25, -0.2) is 8.78 Å². The van der Waals surface area contributed by atoms with Crippen LogP contribution in [0.1, 0.15) is 17.2 Å². The molecule has 3 aromatic rings. The molecule has 0 aliphatic heterocycles. The average molecular weight is 275 g/mol. The number of nitrogens with two attached hydrogens (primary N) is 1. The Hall–Kier alpha value is -1.78. The van der Waals surface area contributed by atoms with Crippen LogP contribution in [0.4, 0.5) is 8.78 Å². The number of hydrogen-bond acceptors (Lipinski definition) is 2. The molecule has 2 N–H and O–H groups in total. The zero-order valence-electron chi connectivity index (χ0n) is 9.94. The van der Waals surface area contributed by atoms with E-state index in [2.05, 4.69) is 0 Å². The second-order valence-corrected chi connectivity index (χ2v) is 5.22. The number of rotatable bonds is 2. The molecule has 2 aromatic carbocycles. The van der Waals surface area contributed by atoms with Crippen LogP contribution < -0.4 is 5.73 Å².